The number of ether oxygens (including phenoxy) is 2. The molecule has 9 heteroatoms. The molecule has 1 heterocycles. The van der Waals surface area contributed by atoms with E-state index in [9.17, 15) is 13.2 Å². The minimum absolute atomic E-state index is 0.0968. The number of para-hydroxylation sites is 2. The van der Waals surface area contributed by atoms with Crippen molar-refractivity contribution in [2.45, 2.75) is 18.0 Å². The first-order chi connectivity index (χ1) is 17.5. The number of amides is 1. The van der Waals surface area contributed by atoms with Crippen molar-refractivity contribution in [2.24, 2.45) is 0 Å². The zero-order valence-electron chi connectivity index (χ0n) is 20.3. The summed E-state index contributed by atoms with van der Waals surface area (Å²) in [5, 5.41) is 2.85. The summed E-state index contributed by atoms with van der Waals surface area (Å²) < 4.78 is 38.8. The second kappa shape index (κ2) is 12.0. The molecule has 0 aromatic heterocycles. The molecule has 0 bridgehead atoms. The summed E-state index contributed by atoms with van der Waals surface area (Å²) in [6.45, 7) is 4.14. The zero-order valence-corrected chi connectivity index (χ0v) is 21.1. The lowest BCUT2D eigenvalue weighted by Crippen LogP contribution is -2.40. The summed E-state index contributed by atoms with van der Waals surface area (Å²) in [6.07, 6.45) is 0. The summed E-state index contributed by atoms with van der Waals surface area (Å²) in [4.78, 5) is 15.4. The Hall–Kier alpha value is -3.40. The van der Waals surface area contributed by atoms with Crippen LogP contribution < -0.4 is 14.4 Å². The molecule has 0 aliphatic carbocycles. The SMILES string of the molecule is COc1ccccc1N(CC(=O)NCc1ccc(CN2CCOCC2)cc1)S(=O)(=O)c1ccccc1. The Morgan fingerprint density at radius 1 is 0.944 bits per heavy atom. The number of morpholine rings is 1. The van der Waals surface area contributed by atoms with Crippen molar-refractivity contribution in [3.05, 3.63) is 90.0 Å². The summed E-state index contributed by atoms with van der Waals surface area (Å²) in [6, 6.07) is 22.9. The van der Waals surface area contributed by atoms with E-state index in [2.05, 4.69) is 22.3 Å². The van der Waals surface area contributed by atoms with Crippen LogP contribution in [0.1, 0.15) is 11.1 Å². The Bertz CT molecular complexity index is 1240. The van der Waals surface area contributed by atoms with Crippen LogP contribution in [0.3, 0.4) is 0 Å². The van der Waals surface area contributed by atoms with Crippen molar-refractivity contribution in [1.29, 1.82) is 0 Å². The van der Waals surface area contributed by atoms with Crippen molar-refractivity contribution in [3.8, 4) is 5.75 Å². The summed E-state index contributed by atoms with van der Waals surface area (Å²) >= 11 is 0. The van der Waals surface area contributed by atoms with Gasteiger partial charge in [-0.15, -0.1) is 0 Å². The Morgan fingerprint density at radius 2 is 1.58 bits per heavy atom. The van der Waals surface area contributed by atoms with E-state index >= 15 is 0 Å². The fourth-order valence-corrected chi connectivity index (χ4v) is 5.47. The van der Waals surface area contributed by atoms with Gasteiger partial charge in [0, 0.05) is 26.2 Å². The van der Waals surface area contributed by atoms with Crippen LogP contribution in [0.5, 0.6) is 5.75 Å². The van der Waals surface area contributed by atoms with Gasteiger partial charge in [0.2, 0.25) is 5.91 Å². The molecule has 1 aliphatic heterocycles. The molecule has 0 unspecified atom stereocenters. The number of carbonyl (C=O) groups is 1. The Balaban J connectivity index is 1.44. The van der Waals surface area contributed by atoms with Gasteiger partial charge in [0.15, 0.2) is 0 Å². The summed E-state index contributed by atoms with van der Waals surface area (Å²) in [5.41, 5.74) is 2.43. The molecular formula is C27H31N3O5S. The van der Waals surface area contributed by atoms with Crippen LogP contribution in [-0.4, -0.2) is 59.2 Å². The number of hydrogen-bond acceptors (Lipinski definition) is 6. The van der Waals surface area contributed by atoms with Crippen LogP contribution in [0.15, 0.2) is 83.8 Å². The van der Waals surface area contributed by atoms with Crippen molar-refractivity contribution >= 4 is 21.6 Å². The predicted octanol–water partition coefficient (Wildman–Crippen LogP) is 3.04. The maximum Gasteiger partial charge on any atom is 0.264 e. The third-order valence-corrected chi connectivity index (χ3v) is 7.77. The van der Waals surface area contributed by atoms with Crippen LogP contribution in [0.25, 0.3) is 0 Å². The Morgan fingerprint density at radius 3 is 2.28 bits per heavy atom. The topological polar surface area (TPSA) is 88.2 Å². The van der Waals surface area contributed by atoms with Crippen molar-refractivity contribution < 1.29 is 22.7 Å². The Labute approximate surface area is 212 Å². The maximum atomic E-state index is 13.5. The van der Waals surface area contributed by atoms with Crippen molar-refractivity contribution in [1.82, 2.24) is 10.2 Å². The van der Waals surface area contributed by atoms with Crippen LogP contribution >= 0.6 is 0 Å². The molecule has 8 nitrogen and oxygen atoms in total. The molecule has 1 N–H and O–H groups in total. The van der Waals surface area contributed by atoms with Crippen LogP contribution in [0.4, 0.5) is 5.69 Å². The molecule has 3 aromatic rings. The van der Waals surface area contributed by atoms with Gasteiger partial charge in [-0.1, -0.05) is 54.6 Å². The number of nitrogens with zero attached hydrogens (tertiary/aromatic N) is 2. The lowest BCUT2D eigenvalue weighted by Gasteiger charge is -2.26. The van der Waals surface area contributed by atoms with Gasteiger partial charge in [0.05, 0.1) is 30.9 Å². The quantitative estimate of drug-likeness (QED) is 0.452. The molecule has 1 saturated heterocycles. The smallest absolute Gasteiger partial charge is 0.264 e. The highest BCUT2D eigenvalue weighted by molar-refractivity contribution is 7.92. The number of sulfonamides is 1. The molecule has 3 aromatic carbocycles. The lowest BCUT2D eigenvalue weighted by atomic mass is 10.1. The molecule has 36 heavy (non-hydrogen) atoms. The van der Waals surface area contributed by atoms with E-state index in [4.69, 9.17) is 9.47 Å². The minimum atomic E-state index is -4.01. The highest BCUT2D eigenvalue weighted by Gasteiger charge is 2.29. The van der Waals surface area contributed by atoms with E-state index in [0.29, 0.717) is 18.0 Å². The van der Waals surface area contributed by atoms with Gasteiger partial charge in [0.1, 0.15) is 12.3 Å². The van der Waals surface area contributed by atoms with E-state index in [1.165, 1.54) is 24.8 Å². The molecule has 0 saturated carbocycles. The fraction of sp³-hybridized carbons (Fsp3) is 0.296. The third kappa shape index (κ3) is 6.42. The molecular weight excluding hydrogens is 478 g/mol. The number of rotatable bonds is 10. The van der Waals surface area contributed by atoms with E-state index in [1.54, 1.807) is 42.5 Å². The van der Waals surface area contributed by atoms with Gasteiger partial charge >= 0.3 is 0 Å². The predicted molar refractivity (Wildman–Crippen MR) is 138 cm³/mol. The standard InChI is InChI=1S/C27H31N3O5S/c1-34-26-10-6-5-9-25(26)30(36(32,33)24-7-3-2-4-8-24)21-27(31)28-19-22-11-13-23(14-12-22)20-29-15-17-35-18-16-29/h2-14H,15-21H2,1H3,(H,28,31). The first-order valence-electron chi connectivity index (χ1n) is 11.8. The van der Waals surface area contributed by atoms with Gasteiger partial charge in [-0.25, -0.2) is 8.42 Å². The number of benzene rings is 3. The Kier molecular flexibility index (Phi) is 8.58. The normalized spacial score (nSPS) is 14.2. The zero-order chi connectivity index (χ0) is 25.4. The fourth-order valence-electron chi connectivity index (χ4n) is 4.02. The molecule has 0 atom stereocenters. The lowest BCUT2D eigenvalue weighted by molar-refractivity contribution is -0.119. The van der Waals surface area contributed by atoms with Gasteiger partial charge in [-0.2, -0.15) is 0 Å². The molecule has 1 amide bonds. The molecule has 4 rings (SSSR count). The van der Waals surface area contributed by atoms with Crippen LogP contribution in [0.2, 0.25) is 0 Å². The molecule has 1 aliphatic rings. The second-order valence-corrected chi connectivity index (χ2v) is 10.3. The molecule has 0 radical (unpaired) electrons. The first kappa shape index (κ1) is 25.7. The molecule has 0 spiro atoms. The van der Waals surface area contributed by atoms with Crippen LogP contribution in [0, 0.1) is 0 Å². The second-order valence-electron chi connectivity index (χ2n) is 8.48. The number of hydrogen-bond donors (Lipinski definition) is 1. The van der Waals surface area contributed by atoms with Gasteiger partial charge < -0.3 is 14.8 Å². The van der Waals surface area contributed by atoms with E-state index in [1.807, 2.05) is 12.1 Å². The largest absolute Gasteiger partial charge is 0.495 e. The van der Waals surface area contributed by atoms with Crippen molar-refractivity contribution in [3.63, 3.8) is 0 Å². The minimum Gasteiger partial charge on any atom is -0.495 e. The third-order valence-electron chi connectivity index (χ3n) is 5.99. The summed E-state index contributed by atoms with van der Waals surface area (Å²) in [5.74, 6) is -0.0570. The maximum absolute atomic E-state index is 13.5. The van der Waals surface area contributed by atoms with E-state index in [0.717, 1.165) is 42.7 Å². The summed E-state index contributed by atoms with van der Waals surface area (Å²) in [7, 11) is -2.54. The average Bonchev–Trinajstić information content (AvgIpc) is 2.92. The van der Waals surface area contributed by atoms with Gasteiger partial charge in [0.25, 0.3) is 10.0 Å². The van der Waals surface area contributed by atoms with Crippen LogP contribution in [-0.2, 0) is 32.6 Å². The number of nitrogens with one attached hydrogen (secondary N) is 1. The highest BCUT2D eigenvalue weighted by atomic mass is 32.2. The van der Waals surface area contributed by atoms with E-state index in [-0.39, 0.29) is 11.4 Å². The number of anilines is 1. The van der Waals surface area contributed by atoms with Gasteiger partial charge in [-0.3, -0.25) is 14.0 Å². The van der Waals surface area contributed by atoms with E-state index < -0.39 is 15.9 Å². The average molecular weight is 510 g/mol. The number of methoxy groups -OCH3 is 1. The first-order valence-corrected chi connectivity index (χ1v) is 13.3. The van der Waals surface area contributed by atoms with Crippen molar-refractivity contribution in [2.75, 3.05) is 44.3 Å². The highest BCUT2D eigenvalue weighted by Crippen LogP contribution is 2.32. The monoisotopic (exact) mass is 509 g/mol. The molecule has 1 fully saturated rings. The van der Waals surface area contributed by atoms with Gasteiger partial charge in [-0.05, 0) is 35.4 Å². The number of carbonyl (C=O) groups excluding carboxylic acids is 1. The molecule has 190 valence electrons.